The molecule has 0 N–H and O–H groups in total. The fourth-order valence-corrected chi connectivity index (χ4v) is 2.81. The molecule has 1 unspecified atom stereocenters. The van der Waals surface area contributed by atoms with Crippen LogP contribution in [-0.2, 0) is 23.8 Å². The van der Waals surface area contributed by atoms with E-state index in [0.29, 0.717) is 0 Å². The van der Waals surface area contributed by atoms with Gasteiger partial charge in [0.25, 0.3) is 0 Å². The molecular formula is C14H22O5S. The molecule has 0 spiro atoms. The van der Waals surface area contributed by atoms with Gasteiger partial charge < -0.3 is 14.2 Å². The first-order valence-electron chi connectivity index (χ1n) is 6.79. The third-order valence-corrected chi connectivity index (χ3v) is 3.79. The van der Waals surface area contributed by atoms with Crippen molar-refractivity contribution in [3.63, 3.8) is 0 Å². The molecule has 0 bridgehead atoms. The van der Waals surface area contributed by atoms with E-state index in [-0.39, 0.29) is 24.0 Å². The lowest BCUT2D eigenvalue weighted by Gasteiger charge is -2.31. The Kier molecular flexibility index (Phi) is 7.69. The van der Waals surface area contributed by atoms with Gasteiger partial charge in [0.15, 0.2) is 0 Å². The Morgan fingerprint density at radius 2 is 2.00 bits per heavy atom. The first-order valence-corrected chi connectivity index (χ1v) is 7.83. The molecule has 0 saturated heterocycles. The zero-order valence-corrected chi connectivity index (χ0v) is 13.0. The summed E-state index contributed by atoms with van der Waals surface area (Å²) in [7, 11) is 0. The van der Waals surface area contributed by atoms with Crippen molar-refractivity contribution >= 4 is 23.7 Å². The van der Waals surface area contributed by atoms with Gasteiger partial charge in [-0.1, -0.05) is 13.3 Å². The van der Waals surface area contributed by atoms with Crippen molar-refractivity contribution in [3.05, 3.63) is 12.2 Å². The van der Waals surface area contributed by atoms with E-state index in [1.165, 1.54) is 13.8 Å². The second-order valence-electron chi connectivity index (χ2n) is 4.53. The molecular weight excluding hydrogens is 280 g/mol. The largest absolute Gasteiger partial charge is 0.463 e. The van der Waals surface area contributed by atoms with Gasteiger partial charge in [-0.25, -0.2) is 0 Å². The lowest BCUT2D eigenvalue weighted by Crippen LogP contribution is -2.40. The summed E-state index contributed by atoms with van der Waals surface area (Å²) in [6.45, 7) is 4.91. The van der Waals surface area contributed by atoms with E-state index in [1.54, 1.807) is 11.8 Å². The molecule has 1 aliphatic heterocycles. The molecule has 6 heteroatoms. The van der Waals surface area contributed by atoms with Crippen molar-refractivity contribution in [2.75, 3.05) is 12.4 Å². The first kappa shape index (κ1) is 17.0. The van der Waals surface area contributed by atoms with Crippen LogP contribution < -0.4 is 0 Å². The van der Waals surface area contributed by atoms with E-state index in [9.17, 15) is 9.59 Å². The molecule has 5 nitrogen and oxygen atoms in total. The highest BCUT2D eigenvalue weighted by molar-refractivity contribution is 7.99. The van der Waals surface area contributed by atoms with Crippen LogP contribution in [0.2, 0.25) is 0 Å². The summed E-state index contributed by atoms with van der Waals surface area (Å²) in [4.78, 5) is 22.0. The molecule has 0 fully saturated rings. The summed E-state index contributed by atoms with van der Waals surface area (Å²) in [6.07, 6.45) is 5.00. The Morgan fingerprint density at radius 1 is 1.25 bits per heavy atom. The van der Waals surface area contributed by atoms with E-state index in [0.717, 1.165) is 18.6 Å². The molecule has 1 rings (SSSR count). The van der Waals surface area contributed by atoms with Gasteiger partial charge in [-0.3, -0.25) is 9.59 Å². The number of ether oxygens (including phenoxy) is 3. The summed E-state index contributed by atoms with van der Waals surface area (Å²) in [5, 5.41) is 0. The predicted octanol–water partition coefficient (Wildman–Crippen LogP) is 2.30. The topological polar surface area (TPSA) is 61.8 Å². The van der Waals surface area contributed by atoms with Crippen molar-refractivity contribution in [3.8, 4) is 0 Å². The summed E-state index contributed by atoms with van der Waals surface area (Å²) in [5.41, 5.74) is -0.0890. The van der Waals surface area contributed by atoms with E-state index < -0.39 is 12.2 Å². The smallest absolute Gasteiger partial charge is 0.303 e. The minimum atomic E-state index is -0.505. The average molecular weight is 302 g/mol. The molecule has 0 aromatic heterocycles. The van der Waals surface area contributed by atoms with Gasteiger partial charge in [0.2, 0.25) is 0 Å². The van der Waals surface area contributed by atoms with E-state index in [4.69, 9.17) is 14.2 Å². The van der Waals surface area contributed by atoms with Gasteiger partial charge in [-0.15, -0.1) is 11.8 Å². The van der Waals surface area contributed by atoms with Crippen LogP contribution in [0.4, 0.5) is 0 Å². The molecule has 1 aliphatic rings. The van der Waals surface area contributed by atoms with Gasteiger partial charge in [0, 0.05) is 13.8 Å². The fraction of sp³-hybridized carbons (Fsp3) is 0.714. The van der Waals surface area contributed by atoms with Gasteiger partial charge in [-0.05, 0) is 24.3 Å². The van der Waals surface area contributed by atoms with E-state index in [1.807, 2.05) is 12.2 Å². The number of esters is 2. The monoisotopic (exact) mass is 302 g/mol. The molecule has 0 amide bonds. The van der Waals surface area contributed by atoms with E-state index >= 15 is 0 Å². The number of hydrogen-bond donors (Lipinski definition) is 0. The zero-order valence-electron chi connectivity index (χ0n) is 12.2. The number of thioether (sulfide) groups is 1. The molecule has 1 heterocycles. The van der Waals surface area contributed by atoms with Gasteiger partial charge in [0.1, 0.15) is 24.3 Å². The fourth-order valence-electron chi connectivity index (χ4n) is 1.70. The Morgan fingerprint density at radius 3 is 2.60 bits per heavy atom. The average Bonchev–Trinajstić information content (AvgIpc) is 2.38. The van der Waals surface area contributed by atoms with Crippen LogP contribution in [-0.4, -0.2) is 41.9 Å². The normalized spacial score (nSPS) is 25.2. The maximum absolute atomic E-state index is 11.1. The van der Waals surface area contributed by atoms with Gasteiger partial charge in [0.05, 0.1) is 0 Å². The van der Waals surface area contributed by atoms with Crippen molar-refractivity contribution in [1.82, 2.24) is 0 Å². The van der Waals surface area contributed by atoms with Gasteiger partial charge >= 0.3 is 11.9 Å². The molecule has 0 aliphatic carbocycles. The van der Waals surface area contributed by atoms with Crippen molar-refractivity contribution in [1.29, 1.82) is 0 Å². The molecule has 0 aromatic rings. The van der Waals surface area contributed by atoms with E-state index in [2.05, 4.69) is 6.92 Å². The van der Waals surface area contributed by atoms with Crippen LogP contribution in [0.3, 0.4) is 0 Å². The summed E-state index contributed by atoms with van der Waals surface area (Å²) < 4.78 is 15.9. The highest BCUT2D eigenvalue weighted by atomic mass is 32.2. The van der Waals surface area contributed by atoms with Crippen molar-refractivity contribution < 1.29 is 23.8 Å². The highest BCUT2D eigenvalue weighted by Crippen LogP contribution is 2.25. The second kappa shape index (κ2) is 9.02. The SMILES string of the molecule is CCCCSC1C=C[C@H](OC(C)=O)[C@@H](COC(C)=O)O1. The number of rotatable bonds is 7. The third-order valence-electron chi connectivity index (χ3n) is 2.67. The number of carbonyl (C=O) groups is 2. The zero-order chi connectivity index (χ0) is 15.0. The van der Waals surface area contributed by atoms with Crippen LogP contribution in [0.15, 0.2) is 12.2 Å². The Labute approximate surface area is 124 Å². The number of hydrogen-bond acceptors (Lipinski definition) is 6. The number of carbonyl (C=O) groups excluding carboxylic acids is 2. The van der Waals surface area contributed by atoms with Gasteiger partial charge in [-0.2, -0.15) is 0 Å². The first-order chi connectivity index (χ1) is 9.52. The second-order valence-corrected chi connectivity index (χ2v) is 5.74. The minimum Gasteiger partial charge on any atom is -0.463 e. The molecule has 0 radical (unpaired) electrons. The maximum Gasteiger partial charge on any atom is 0.303 e. The summed E-state index contributed by atoms with van der Waals surface area (Å²) >= 11 is 1.69. The Hall–Kier alpha value is -1.01. The van der Waals surface area contributed by atoms with Crippen LogP contribution in [0.5, 0.6) is 0 Å². The quantitative estimate of drug-likeness (QED) is 0.408. The minimum absolute atomic E-state index is 0.0858. The Balaban J connectivity index is 2.56. The predicted molar refractivity (Wildman–Crippen MR) is 77.4 cm³/mol. The molecule has 3 atom stereocenters. The molecule has 114 valence electrons. The lowest BCUT2D eigenvalue weighted by atomic mass is 10.1. The van der Waals surface area contributed by atoms with Crippen LogP contribution in [0.1, 0.15) is 33.6 Å². The molecule has 0 aromatic carbocycles. The van der Waals surface area contributed by atoms with Crippen LogP contribution in [0.25, 0.3) is 0 Å². The maximum atomic E-state index is 11.1. The van der Waals surface area contributed by atoms with Crippen molar-refractivity contribution in [2.45, 2.75) is 51.3 Å². The third kappa shape index (κ3) is 6.43. The molecule has 20 heavy (non-hydrogen) atoms. The highest BCUT2D eigenvalue weighted by Gasteiger charge is 2.30. The lowest BCUT2D eigenvalue weighted by molar-refractivity contribution is -0.160. The van der Waals surface area contributed by atoms with Crippen LogP contribution in [0, 0.1) is 0 Å². The molecule has 0 saturated carbocycles. The number of unbranched alkanes of at least 4 members (excludes halogenated alkanes) is 1. The standard InChI is InChI=1S/C14H22O5S/c1-4-5-8-20-14-7-6-12(18-11(3)16)13(19-14)9-17-10(2)15/h6-7,12-14H,4-5,8-9H2,1-3H3/t12-,13+,14?/m0/s1. The summed E-state index contributed by atoms with van der Waals surface area (Å²) in [6, 6.07) is 0. The summed E-state index contributed by atoms with van der Waals surface area (Å²) in [5.74, 6) is 0.248. The van der Waals surface area contributed by atoms with Crippen molar-refractivity contribution in [2.24, 2.45) is 0 Å². The Bertz CT molecular complexity index is 355. The van der Waals surface area contributed by atoms with Crippen LogP contribution >= 0.6 is 11.8 Å².